The van der Waals surface area contributed by atoms with E-state index in [2.05, 4.69) is 31.4 Å². The minimum absolute atomic E-state index is 0. The molecule has 2 N–H and O–H groups in total. The van der Waals surface area contributed by atoms with Crippen LogP contribution >= 0.6 is 35.5 Å². The van der Waals surface area contributed by atoms with Gasteiger partial charge < -0.3 is 10.6 Å². The Morgan fingerprint density at radius 3 is 2.76 bits per heavy atom. The topological polar surface area (TPSA) is 46.3 Å². The highest BCUT2D eigenvalue weighted by atomic mass is 35.5. The highest BCUT2D eigenvalue weighted by Gasteiger charge is 2.35. The van der Waals surface area contributed by atoms with E-state index >= 15 is 0 Å². The molecule has 6 heteroatoms. The molecular weight excluding hydrogens is 372 g/mol. The Hall–Kier alpha value is -1.01. The number of benzene rings is 1. The van der Waals surface area contributed by atoms with Crippen LogP contribution in [0.3, 0.4) is 0 Å². The van der Waals surface area contributed by atoms with E-state index in [1.807, 2.05) is 29.2 Å². The van der Waals surface area contributed by atoms with Crippen molar-refractivity contribution < 1.29 is 4.79 Å². The molecule has 2 heterocycles. The average Bonchev–Trinajstić information content (AvgIpc) is 3.08. The van der Waals surface area contributed by atoms with Gasteiger partial charge in [-0.2, -0.15) is 0 Å². The zero-order valence-electron chi connectivity index (χ0n) is 14.6. The monoisotopic (exact) mass is 396 g/mol. The average molecular weight is 397 g/mol. The fourth-order valence-corrected chi connectivity index (χ4v) is 4.85. The number of likely N-dealkylation sites (tertiary alicyclic amines) is 1. The number of halogens is 1. The number of nitrogens with zero attached hydrogens (tertiary/aromatic N) is 1. The maximum absolute atomic E-state index is 13.1. The molecule has 0 saturated carbocycles. The number of amides is 1. The molecule has 1 aliphatic heterocycles. The number of thiophene rings is 1. The molecule has 0 bridgehead atoms. The molecule has 3 rings (SSSR count). The summed E-state index contributed by atoms with van der Waals surface area (Å²) in [5, 5.41) is 2.09. The van der Waals surface area contributed by atoms with Crippen LogP contribution in [0.25, 0.3) is 0 Å². The van der Waals surface area contributed by atoms with Crippen molar-refractivity contribution >= 4 is 41.4 Å². The summed E-state index contributed by atoms with van der Waals surface area (Å²) in [6.07, 6.45) is 0.864. The number of thioether (sulfide) groups is 1. The molecule has 25 heavy (non-hydrogen) atoms. The number of hydrogen-bond donors (Lipinski definition) is 1. The molecule has 1 amide bonds. The van der Waals surface area contributed by atoms with Crippen LogP contribution < -0.4 is 5.73 Å². The molecule has 1 aromatic carbocycles. The minimum Gasteiger partial charge on any atom is -0.338 e. The minimum atomic E-state index is -0.0348. The van der Waals surface area contributed by atoms with Crippen molar-refractivity contribution in [1.82, 2.24) is 4.90 Å². The van der Waals surface area contributed by atoms with E-state index in [1.165, 1.54) is 4.88 Å². The lowest BCUT2D eigenvalue weighted by atomic mass is 9.79. The molecule has 0 radical (unpaired) electrons. The number of carbonyl (C=O) groups is 1. The van der Waals surface area contributed by atoms with E-state index in [1.54, 1.807) is 23.1 Å². The van der Waals surface area contributed by atoms with Crippen molar-refractivity contribution in [2.75, 3.05) is 13.1 Å². The molecule has 3 nitrogen and oxygen atoms in total. The van der Waals surface area contributed by atoms with E-state index < -0.39 is 0 Å². The van der Waals surface area contributed by atoms with Crippen LogP contribution in [0.1, 0.15) is 35.5 Å². The highest BCUT2D eigenvalue weighted by molar-refractivity contribution is 7.98. The molecule has 1 fully saturated rings. The van der Waals surface area contributed by atoms with Crippen LogP contribution in [0.2, 0.25) is 0 Å². The summed E-state index contributed by atoms with van der Waals surface area (Å²) in [5.41, 5.74) is 6.98. The quantitative estimate of drug-likeness (QED) is 0.764. The smallest absolute Gasteiger partial charge is 0.255 e. The fraction of sp³-hybridized carbons (Fsp3) is 0.421. The van der Waals surface area contributed by atoms with Gasteiger partial charge in [0.2, 0.25) is 0 Å². The van der Waals surface area contributed by atoms with E-state index in [4.69, 9.17) is 5.73 Å². The van der Waals surface area contributed by atoms with Crippen molar-refractivity contribution in [2.24, 2.45) is 11.1 Å². The Balaban J connectivity index is 0.00000225. The van der Waals surface area contributed by atoms with Gasteiger partial charge in [0.25, 0.3) is 5.91 Å². The zero-order valence-corrected chi connectivity index (χ0v) is 17.1. The lowest BCUT2D eigenvalue weighted by Crippen LogP contribution is -2.54. The Bertz CT molecular complexity index is 703. The van der Waals surface area contributed by atoms with Gasteiger partial charge in [0.05, 0.1) is 5.56 Å². The standard InChI is InChI=1S/C19H24N2OS2.ClH/c1-19(2)13-21(10-9-17(19)20)18(22)15-7-3-4-8-16(15)24-12-14-6-5-11-23-14;/h3-8,11,17H,9-10,12-13,20H2,1-2H3;1H. The van der Waals surface area contributed by atoms with Crippen molar-refractivity contribution in [1.29, 1.82) is 0 Å². The number of hydrogen-bond acceptors (Lipinski definition) is 4. The van der Waals surface area contributed by atoms with E-state index in [-0.39, 0.29) is 29.8 Å². The normalized spacial score (nSPS) is 19.3. The van der Waals surface area contributed by atoms with Crippen LogP contribution in [-0.4, -0.2) is 29.9 Å². The lowest BCUT2D eigenvalue weighted by Gasteiger charge is -2.42. The molecule has 1 atom stereocenters. The lowest BCUT2D eigenvalue weighted by molar-refractivity contribution is 0.0529. The first-order valence-electron chi connectivity index (χ1n) is 8.26. The molecular formula is C19H25ClN2OS2. The second kappa shape index (κ2) is 8.58. The van der Waals surface area contributed by atoms with Crippen molar-refractivity contribution in [3.63, 3.8) is 0 Å². The van der Waals surface area contributed by atoms with Crippen LogP contribution in [0.5, 0.6) is 0 Å². The summed E-state index contributed by atoms with van der Waals surface area (Å²) in [5.74, 6) is 1.03. The molecule has 2 aromatic rings. The molecule has 1 aromatic heterocycles. The number of nitrogens with two attached hydrogens (primary N) is 1. The van der Waals surface area contributed by atoms with Gasteiger partial charge in [0, 0.05) is 34.7 Å². The first-order chi connectivity index (χ1) is 11.5. The van der Waals surface area contributed by atoms with E-state index in [0.717, 1.165) is 35.7 Å². The fourth-order valence-electron chi connectivity index (χ4n) is 3.03. The second-order valence-electron chi connectivity index (χ2n) is 6.97. The van der Waals surface area contributed by atoms with Gasteiger partial charge in [0.1, 0.15) is 0 Å². The molecule has 1 saturated heterocycles. The Morgan fingerprint density at radius 2 is 2.08 bits per heavy atom. The Labute approximate surface area is 164 Å². The number of carbonyl (C=O) groups excluding carboxylic acids is 1. The predicted molar refractivity (Wildman–Crippen MR) is 110 cm³/mol. The number of piperidine rings is 1. The maximum Gasteiger partial charge on any atom is 0.255 e. The van der Waals surface area contributed by atoms with Crippen molar-refractivity contribution in [3.8, 4) is 0 Å². The summed E-state index contributed by atoms with van der Waals surface area (Å²) >= 11 is 3.49. The van der Waals surface area contributed by atoms with Crippen molar-refractivity contribution in [3.05, 3.63) is 52.2 Å². The molecule has 0 spiro atoms. The SMILES string of the molecule is CC1(C)CN(C(=O)c2ccccc2SCc2cccs2)CCC1N.Cl. The van der Waals surface area contributed by atoms with Gasteiger partial charge in [-0.1, -0.05) is 32.0 Å². The Kier molecular flexibility index (Phi) is 6.97. The largest absolute Gasteiger partial charge is 0.338 e. The van der Waals surface area contributed by atoms with E-state index in [0.29, 0.717) is 0 Å². The van der Waals surface area contributed by atoms with Gasteiger partial charge in [-0.05, 0) is 35.4 Å². The first-order valence-corrected chi connectivity index (χ1v) is 10.1. The second-order valence-corrected chi connectivity index (χ2v) is 9.02. The third-order valence-corrected chi connectivity index (χ3v) is 6.85. The van der Waals surface area contributed by atoms with Crippen LogP contribution in [0, 0.1) is 5.41 Å². The molecule has 1 unspecified atom stereocenters. The highest BCUT2D eigenvalue weighted by Crippen LogP contribution is 2.32. The Morgan fingerprint density at radius 1 is 1.32 bits per heavy atom. The van der Waals surface area contributed by atoms with Crippen LogP contribution in [0.15, 0.2) is 46.7 Å². The van der Waals surface area contributed by atoms with E-state index in [9.17, 15) is 4.79 Å². The van der Waals surface area contributed by atoms with Gasteiger partial charge >= 0.3 is 0 Å². The summed E-state index contributed by atoms with van der Waals surface area (Å²) in [6.45, 7) is 5.76. The molecule has 1 aliphatic rings. The summed E-state index contributed by atoms with van der Waals surface area (Å²) in [6, 6.07) is 12.3. The predicted octanol–water partition coefficient (Wildman–Crippen LogP) is 4.66. The van der Waals surface area contributed by atoms with Gasteiger partial charge in [0.15, 0.2) is 0 Å². The maximum atomic E-state index is 13.1. The van der Waals surface area contributed by atoms with Gasteiger partial charge in [-0.25, -0.2) is 0 Å². The zero-order chi connectivity index (χ0) is 17.2. The summed E-state index contributed by atoms with van der Waals surface area (Å²) < 4.78 is 0. The van der Waals surface area contributed by atoms with Crippen molar-refractivity contribution in [2.45, 2.75) is 37.0 Å². The molecule has 136 valence electrons. The van der Waals surface area contributed by atoms with Gasteiger partial charge in [-0.3, -0.25) is 4.79 Å². The first kappa shape index (κ1) is 20.3. The van der Waals surface area contributed by atoms with Gasteiger partial charge in [-0.15, -0.1) is 35.5 Å². The third kappa shape index (κ3) is 4.79. The number of rotatable bonds is 4. The van der Waals surface area contributed by atoms with Crippen LogP contribution in [0.4, 0.5) is 0 Å². The third-order valence-electron chi connectivity index (χ3n) is 4.67. The molecule has 0 aliphatic carbocycles. The summed E-state index contributed by atoms with van der Waals surface area (Å²) in [4.78, 5) is 17.4. The summed E-state index contributed by atoms with van der Waals surface area (Å²) in [7, 11) is 0. The van der Waals surface area contributed by atoms with Crippen LogP contribution in [-0.2, 0) is 5.75 Å².